The topological polar surface area (TPSA) is 78.9 Å². The molecule has 1 aromatic carbocycles. The summed E-state index contributed by atoms with van der Waals surface area (Å²) in [6.07, 6.45) is 9.65. The summed E-state index contributed by atoms with van der Waals surface area (Å²) in [5, 5.41) is 0. The van der Waals surface area contributed by atoms with Crippen LogP contribution in [0.3, 0.4) is 0 Å². The van der Waals surface area contributed by atoms with E-state index in [9.17, 15) is 9.59 Å². The Hall–Kier alpha value is -3.10. The lowest BCUT2D eigenvalue weighted by atomic mass is 10.2. The molecule has 0 radical (unpaired) electrons. The minimum atomic E-state index is -0.198. The molecule has 1 aromatic heterocycles. The van der Waals surface area contributed by atoms with Gasteiger partial charge in [0, 0.05) is 65.0 Å². The van der Waals surface area contributed by atoms with E-state index in [0.29, 0.717) is 38.3 Å². The number of hydrogen-bond donors (Lipinski definition) is 0. The van der Waals surface area contributed by atoms with Crippen molar-refractivity contribution in [1.82, 2.24) is 24.7 Å². The van der Waals surface area contributed by atoms with Gasteiger partial charge in [0.25, 0.3) is 5.91 Å². The van der Waals surface area contributed by atoms with Crippen molar-refractivity contribution in [2.24, 2.45) is 0 Å². The summed E-state index contributed by atoms with van der Waals surface area (Å²) < 4.78 is 5.75. The average molecular weight is 478 g/mol. The number of piperazine rings is 1. The average Bonchev–Trinajstić information content (AvgIpc) is 3.41. The fourth-order valence-electron chi connectivity index (χ4n) is 4.45. The molecule has 2 aliphatic heterocycles. The molecule has 2 aliphatic rings. The minimum absolute atomic E-state index is 0.0138. The zero-order chi connectivity index (χ0) is 24.5. The van der Waals surface area contributed by atoms with E-state index in [1.54, 1.807) is 11.1 Å². The molecule has 3 heterocycles. The second-order valence-corrected chi connectivity index (χ2v) is 9.17. The Bertz CT molecular complexity index is 982. The predicted octanol–water partition coefficient (Wildman–Crippen LogP) is 2.65. The summed E-state index contributed by atoms with van der Waals surface area (Å²) in [7, 11) is 0. The molecule has 8 heteroatoms. The van der Waals surface area contributed by atoms with Crippen LogP contribution >= 0.6 is 0 Å². The van der Waals surface area contributed by atoms with Gasteiger partial charge in [-0.25, -0.2) is 4.98 Å². The molecule has 2 aromatic rings. The summed E-state index contributed by atoms with van der Waals surface area (Å²) in [4.78, 5) is 40.5. The van der Waals surface area contributed by atoms with Crippen molar-refractivity contribution in [2.75, 3.05) is 52.4 Å². The first kappa shape index (κ1) is 25.0. The van der Waals surface area contributed by atoms with Gasteiger partial charge < -0.3 is 14.5 Å². The lowest BCUT2D eigenvalue weighted by Crippen LogP contribution is -2.49. The smallest absolute Gasteiger partial charge is 0.274 e. The molecule has 0 bridgehead atoms. The molecule has 4 rings (SSSR count). The van der Waals surface area contributed by atoms with Crippen LogP contribution in [0.4, 0.5) is 0 Å². The van der Waals surface area contributed by atoms with Crippen molar-refractivity contribution in [3.05, 3.63) is 65.8 Å². The molecule has 0 N–H and O–H groups in total. The number of rotatable bonds is 9. The first-order valence-electron chi connectivity index (χ1n) is 12.5. The normalized spacial score (nSPS) is 18.8. The lowest BCUT2D eigenvalue weighted by molar-refractivity contribution is -0.133. The van der Waals surface area contributed by atoms with Crippen LogP contribution in [0.15, 0.2) is 48.8 Å². The zero-order valence-electron chi connectivity index (χ0n) is 20.5. The van der Waals surface area contributed by atoms with Crippen molar-refractivity contribution in [3.8, 4) is 0 Å². The van der Waals surface area contributed by atoms with Crippen LogP contribution in [0.2, 0.25) is 0 Å². The number of ether oxygens (including phenoxy) is 1. The molecule has 2 amide bonds. The van der Waals surface area contributed by atoms with Gasteiger partial charge in [-0.3, -0.25) is 19.5 Å². The lowest BCUT2D eigenvalue weighted by Gasteiger charge is -2.34. The Kier molecular flexibility index (Phi) is 8.97. The van der Waals surface area contributed by atoms with Gasteiger partial charge in [-0.2, -0.15) is 0 Å². The molecule has 1 atom stereocenters. The van der Waals surface area contributed by atoms with Gasteiger partial charge in [0.2, 0.25) is 5.91 Å². The number of benzene rings is 1. The van der Waals surface area contributed by atoms with E-state index >= 15 is 0 Å². The second kappa shape index (κ2) is 12.6. The van der Waals surface area contributed by atoms with Crippen molar-refractivity contribution in [2.45, 2.75) is 32.3 Å². The highest BCUT2D eigenvalue weighted by Gasteiger charge is 2.26. The predicted molar refractivity (Wildman–Crippen MR) is 135 cm³/mol. The molecule has 2 saturated heterocycles. The van der Waals surface area contributed by atoms with Crippen molar-refractivity contribution >= 4 is 17.9 Å². The van der Waals surface area contributed by atoms with Crippen LogP contribution in [0.1, 0.15) is 41.0 Å². The Morgan fingerprint density at radius 3 is 2.60 bits per heavy atom. The molecule has 1 unspecified atom stereocenters. The van der Waals surface area contributed by atoms with E-state index in [4.69, 9.17) is 4.74 Å². The van der Waals surface area contributed by atoms with Crippen LogP contribution in [0.5, 0.6) is 0 Å². The van der Waals surface area contributed by atoms with E-state index in [2.05, 4.69) is 39.2 Å². The maximum Gasteiger partial charge on any atom is 0.274 e. The molecular formula is C27H35N5O3. The Morgan fingerprint density at radius 2 is 1.91 bits per heavy atom. The van der Waals surface area contributed by atoms with Crippen molar-refractivity contribution in [3.63, 3.8) is 0 Å². The largest absolute Gasteiger partial charge is 0.376 e. The van der Waals surface area contributed by atoms with Gasteiger partial charge in [0.1, 0.15) is 5.69 Å². The van der Waals surface area contributed by atoms with Gasteiger partial charge in [-0.05, 0) is 25.3 Å². The van der Waals surface area contributed by atoms with E-state index in [1.807, 2.05) is 30.0 Å². The molecule has 186 valence electrons. The van der Waals surface area contributed by atoms with E-state index in [0.717, 1.165) is 44.8 Å². The fourth-order valence-corrected chi connectivity index (χ4v) is 4.45. The summed E-state index contributed by atoms with van der Waals surface area (Å²) in [5.74, 6) is -0.111. The molecule has 2 fully saturated rings. The molecule has 0 saturated carbocycles. The first-order valence-corrected chi connectivity index (χ1v) is 12.5. The van der Waals surface area contributed by atoms with Gasteiger partial charge in [-0.1, -0.05) is 42.5 Å². The Balaban J connectivity index is 1.26. The maximum absolute atomic E-state index is 13.1. The van der Waals surface area contributed by atoms with Crippen LogP contribution in [0.25, 0.3) is 6.08 Å². The highest BCUT2D eigenvalue weighted by atomic mass is 16.5. The summed E-state index contributed by atoms with van der Waals surface area (Å²) in [5.41, 5.74) is 2.26. The quantitative estimate of drug-likeness (QED) is 0.553. The van der Waals surface area contributed by atoms with E-state index in [-0.39, 0.29) is 17.9 Å². The number of aryl methyl sites for hydroxylation is 1. The van der Waals surface area contributed by atoms with Gasteiger partial charge in [-0.15, -0.1) is 0 Å². The molecular weight excluding hydrogens is 442 g/mol. The van der Waals surface area contributed by atoms with Crippen molar-refractivity contribution in [1.29, 1.82) is 0 Å². The van der Waals surface area contributed by atoms with Crippen LogP contribution in [-0.2, 0) is 9.53 Å². The third-order valence-corrected chi connectivity index (χ3v) is 6.53. The highest BCUT2D eigenvalue weighted by molar-refractivity contribution is 5.92. The van der Waals surface area contributed by atoms with Crippen LogP contribution < -0.4 is 0 Å². The number of hydrogen-bond acceptors (Lipinski definition) is 6. The molecule has 0 spiro atoms. The fraction of sp³-hybridized carbons (Fsp3) is 0.481. The second-order valence-electron chi connectivity index (χ2n) is 9.17. The van der Waals surface area contributed by atoms with Crippen LogP contribution in [-0.4, -0.2) is 95.0 Å². The zero-order valence-corrected chi connectivity index (χ0v) is 20.5. The summed E-state index contributed by atoms with van der Waals surface area (Å²) in [6.45, 7) is 7.38. The first-order chi connectivity index (χ1) is 17.1. The summed E-state index contributed by atoms with van der Waals surface area (Å²) in [6, 6.07) is 10.3. The SMILES string of the molecule is Cc1cnc(C(=O)N(CCC(=O)N2CCN(CC=Cc3ccccc3)CC2)CC2CCCO2)cn1. The minimum Gasteiger partial charge on any atom is -0.376 e. The van der Waals surface area contributed by atoms with E-state index < -0.39 is 0 Å². The van der Waals surface area contributed by atoms with Gasteiger partial charge in [0.05, 0.1) is 18.0 Å². The molecule has 35 heavy (non-hydrogen) atoms. The Labute approximate surface area is 207 Å². The van der Waals surface area contributed by atoms with E-state index in [1.165, 1.54) is 11.8 Å². The van der Waals surface area contributed by atoms with Gasteiger partial charge >= 0.3 is 0 Å². The number of nitrogens with zero attached hydrogens (tertiary/aromatic N) is 5. The Morgan fingerprint density at radius 1 is 1.11 bits per heavy atom. The standard InChI is InChI=1S/C27H35N5O3/c1-22-19-29-25(20-28-22)27(34)32(21-24-10-6-18-35-24)13-11-26(33)31-16-14-30(15-17-31)12-5-9-23-7-3-2-4-8-23/h2-5,7-9,19-20,24H,6,10-18,21H2,1H3. The monoisotopic (exact) mass is 477 g/mol. The van der Waals surface area contributed by atoms with Crippen LogP contribution in [0, 0.1) is 6.92 Å². The third kappa shape index (κ3) is 7.44. The number of aromatic nitrogens is 2. The molecule has 0 aliphatic carbocycles. The van der Waals surface area contributed by atoms with Crippen molar-refractivity contribution < 1.29 is 14.3 Å². The number of carbonyl (C=O) groups is 2. The van der Waals surface area contributed by atoms with Gasteiger partial charge in [0.15, 0.2) is 0 Å². The number of carbonyl (C=O) groups excluding carboxylic acids is 2. The molecule has 8 nitrogen and oxygen atoms in total. The third-order valence-electron chi connectivity index (χ3n) is 6.53. The maximum atomic E-state index is 13.1. The highest BCUT2D eigenvalue weighted by Crippen LogP contribution is 2.15. The summed E-state index contributed by atoms with van der Waals surface area (Å²) >= 11 is 0. The number of amides is 2.